The predicted molar refractivity (Wildman–Crippen MR) is 105 cm³/mol. The molecule has 0 aliphatic carbocycles. The number of fused-ring (bicyclic) bond motifs is 3. The minimum absolute atomic E-state index is 0.0400. The molecule has 3 aromatic rings. The highest BCUT2D eigenvalue weighted by Gasteiger charge is 2.38. The minimum Gasteiger partial charge on any atom is -0.496 e. The van der Waals surface area contributed by atoms with E-state index in [0.29, 0.717) is 13.0 Å². The van der Waals surface area contributed by atoms with E-state index in [2.05, 4.69) is 28.5 Å². The van der Waals surface area contributed by atoms with Crippen LogP contribution < -0.4 is 10.1 Å². The Labute approximate surface area is 163 Å². The molecule has 1 aliphatic heterocycles. The van der Waals surface area contributed by atoms with E-state index in [-0.39, 0.29) is 18.1 Å². The van der Waals surface area contributed by atoms with E-state index < -0.39 is 0 Å². The van der Waals surface area contributed by atoms with E-state index in [1.54, 1.807) is 14.2 Å². The average molecular weight is 381 g/mol. The maximum Gasteiger partial charge on any atom is 0.364 e. The van der Waals surface area contributed by atoms with Crippen LogP contribution >= 0.6 is 0 Å². The Morgan fingerprint density at radius 1 is 1.18 bits per heavy atom. The summed E-state index contributed by atoms with van der Waals surface area (Å²) in [6, 6.07) is 14.0. The number of hydrogen-bond donors (Lipinski definition) is 2. The molecular weight excluding hydrogens is 356 g/mol. The third kappa shape index (κ3) is 3.15. The number of nitrogens with one attached hydrogen (secondary N) is 1. The highest BCUT2D eigenvalue weighted by Crippen LogP contribution is 2.33. The molecule has 0 radical (unpaired) electrons. The Hall–Kier alpha value is -2.83. The van der Waals surface area contributed by atoms with Crippen LogP contribution in [0.5, 0.6) is 5.75 Å². The first-order chi connectivity index (χ1) is 13.7. The first kappa shape index (κ1) is 18.5. The molecule has 146 valence electrons. The fourth-order valence-corrected chi connectivity index (χ4v) is 4.17. The van der Waals surface area contributed by atoms with Gasteiger partial charge in [-0.15, -0.1) is 0 Å². The van der Waals surface area contributed by atoms with Gasteiger partial charge >= 0.3 is 5.97 Å². The molecule has 3 N–H and O–H groups in total. The number of para-hydroxylation sites is 1. The van der Waals surface area contributed by atoms with Gasteiger partial charge in [0.1, 0.15) is 5.75 Å². The van der Waals surface area contributed by atoms with Crippen molar-refractivity contribution in [3.05, 3.63) is 64.8 Å². The Bertz CT molecular complexity index is 1010. The van der Waals surface area contributed by atoms with Gasteiger partial charge in [0.25, 0.3) is 0 Å². The van der Waals surface area contributed by atoms with Gasteiger partial charge in [0.2, 0.25) is 0 Å². The first-order valence-electron chi connectivity index (χ1n) is 9.34. The molecule has 2 heterocycles. The summed E-state index contributed by atoms with van der Waals surface area (Å²) in [5, 5.41) is 3.25. The van der Waals surface area contributed by atoms with Gasteiger partial charge in [-0.25, -0.2) is 4.79 Å². The third-order valence-electron chi connectivity index (χ3n) is 5.47. The molecule has 1 aromatic heterocycles. The second kappa shape index (κ2) is 7.66. The van der Waals surface area contributed by atoms with Crippen LogP contribution in [0.25, 0.3) is 10.9 Å². The van der Waals surface area contributed by atoms with Gasteiger partial charge in [0, 0.05) is 35.6 Å². The molecule has 1 aliphatic rings. The van der Waals surface area contributed by atoms with Crippen LogP contribution in [-0.4, -0.2) is 38.3 Å². The quantitative estimate of drug-likeness (QED) is 0.664. The molecule has 0 saturated heterocycles. The molecule has 0 spiro atoms. The molecule has 0 fully saturated rings. The normalized spacial score (nSPS) is 18.7. The lowest BCUT2D eigenvalue weighted by atomic mass is 9.89. The molecule has 0 unspecified atom stereocenters. The van der Waals surface area contributed by atoms with E-state index in [9.17, 15) is 4.79 Å². The number of benzene rings is 2. The first-order valence-corrected chi connectivity index (χ1v) is 9.34. The summed E-state index contributed by atoms with van der Waals surface area (Å²) < 4.78 is 15.9. The van der Waals surface area contributed by atoms with Gasteiger partial charge in [-0.3, -0.25) is 0 Å². The maximum absolute atomic E-state index is 12.4. The largest absolute Gasteiger partial charge is 0.496 e. The van der Waals surface area contributed by atoms with E-state index >= 15 is 0 Å². The van der Waals surface area contributed by atoms with Crippen molar-refractivity contribution >= 4 is 16.9 Å². The van der Waals surface area contributed by atoms with Crippen molar-refractivity contribution in [3.8, 4) is 5.75 Å². The smallest absolute Gasteiger partial charge is 0.364 e. The van der Waals surface area contributed by atoms with Crippen molar-refractivity contribution in [1.82, 2.24) is 4.98 Å². The molecule has 0 saturated carbocycles. The van der Waals surface area contributed by atoms with Crippen LogP contribution in [0.4, 0.5) is 0 Å². The topological polar surface area (TPSA) is 77.2 Å². The molecule has 0 amide bonds. The highest BCUT2D eigenvalue weighted by atomic mass is 16.5. The lowest BCUT2D eigenvalue weighted by Gasteiger charge is -2.27. The summed E-state index contributed by atoms with van der Waals surface area (Å²) in [7, 11) is 4.77. The fraction of sp³-hybridized carbons (Fsp3) is 0.318. The summed E-state index contributed by atoms with van der Waals surface area (Å²) in [4.78, 5) is 16.0. The number of ether oxygens (including phenoxy) is 3. The number of methoxy groups -OCH3 is 3. The van der Waals surface area contributed by atoms with Crippen molar-refractivity contribution in [1.29, 1.82) is 0 Å². The number of quaternary nitrogens is 1. The Balaban J connectivity index is 1.84. The Kier molecular flexibility index (Phi) is 5.07. The third-order valence-corrected chi connectivity index (χ3v) is 5.47. The monoisotopic (exact) mass is 381 g/mol. The van der Waals surface area contributed by atoms with Crippen molar-refractivity contribution in [2.24, 2.45) is 0 Å². The van der Waals surface area contributed by atoms with Gasteiger partial charge in [-0.05, 0) is 29.8 Å². The molecule has 28 heavy (non-hydrogen) atoms. The summed E-state index contributed by atoms with van der Waals surface area (Å²) in [6.07, 6.45) is 0.642. The molecule has 2 aromatic carbocycles. The number of H-pyrrole nitrogens is 1. The highest BCUT2D eigenvalue weighted by molar-refractivity contribution is 5.86. The zero-order valence-electron chi connectivity index (χ0n) is 16.3. The number of rotatable bonds is 5. The molecule has 2 atom stereocenters. The van der Waals surface area contributed by atoms with Crippen LogP contribution in [0.3, 0.4) is 0 Å². The van der Waals surface area contributed by atoms with Gasteiger partial charge in [-0.1, -0.05) is 18.2 Å². The van der Waals surface area contributed by atoms with E-state index in [0.717, 1.165) is 33.5 Å². The Morgan fingerprint density at radius 3 is 2.75 bits per heavy atom. The predicted octanol–water partition coefficient (Wildman–Crippen LogP) is 2.07. The van der Waals surface area contributed by atoms with Gasteiger partial charge < -0.3 is 24.5 Å². The van der Waals surface area contributed by atoms with Crippen LogP contribution in [0, 0.1) is 0 Å². The molecule has 6 nitrogen and oxygen atoms in total. The van der Waals surface area contributed by atoms with E-state index in [4.69, 9.17) is 14.2 Å². The van der Waals surface area contributed by atoms with E-state index in [1.165, 1.54) is 12.7 Å². The molecule has 0 bridgehead atoms. The lowest BCUT2D eigenvalue weighted by molar-refractivity contribution is -0.712. The number of esters is 1. The minimum atomic E-state index is -0.283. The Morgan fingerprint density at radius 2 is 2.00 bits per heavy atom. The van der Waals surface area contributed by atoms with Crippen molar-refractivity contribution < 1.29 is 24.3 Å². The molecule has 6 heteroatoms. The molecule has 4 rings (SSSR count). The SMILES string of the molecule is COCc1cc([C@@H]2[NH2+][C@H](C(=O)OC)Cc3c2[nH]c2ccccc32)ccc1OC. The van der Waals surface area contributed by atoms with Crippen LogP contribution in [0.1, 0.15) is 28.4 Å². The number of aromatic amines is 1. The number of hydrogen-bond acceptors (Lipinski definition) is 4. The van der Waals surface area contributed by atoms with Crippen molar-refractivity contribution in [3.63, 3.8) is 0 Å². The number of carbonyl (C=O) groups is 1. The van der Waals surface area contributed by atoms with Crippen LogP contribution in [0.2, 0.25) is 0 Å². The van der Waals surface area contributed by atoms with E-state index in [1.807, 2.05) is 24.3 Å². The lowest BCUT2D eigenvalue weighted by Crippen LogP contribution is -2.94. The standard InChI is InChI=1S/C22H24N2O4/c1-26-12-14-10-13(8-9-19(14)27-2)20-21-16(11-18(24-20)22(25)28-3)15-6-4-5-7-17(15)23-21/h4-10,18,20,23-24H,11-12H2,1-3H3/p+1/t18-,20-/m0/s1. The fourth-order valence-electron chi connectivity index (χ4n) is 4.17. The van der Waals surface area contributed by atoms with Crippen molar-refractivity contribution in [2.75, 3.05) is 21.3 Å². The number of carbonyl (C=O) groups excluding carboxylic acids is 1. The van der Waals surface area contributed by atoms with Gasteiger partial charge in [0.05, 0.1) is 26.5 Å². The maximum atomic E-state index is 12.4. The zero-order valence-corrected chi connectivity index (χ0v) is 16.3. The molecular formula is C22H25N2O4+. The second-order valence-corrected chi connectivity index (χ2v) is 7.07. The van der Waals surface area contributed by atoms with Gasteiger partial charge in [0.15, 0.2) is 12.1 Å². The number of aromatic nitrogens is 1. The summed E-state index contributed by atoms with van der Waals surface area (Å²) in [6.45, 7) is 0.462. The number of nitrogens with two attached hydrogens (primary N) is 1. The zero-order chi connectivity index (χ0) is 19.7. The second-order valence-electron chi connectivity index (χ2n) is 7.07. The summed E-state index contributed by atoms with van der Waals surface area (Å²) >= 11 is 0. The van der Waals surface area contributed by atoms with Crippen LogP contribution in [-0.2, 0) is 27.3 Å². The van der Waals surface area contributed by atoms with Gasteiger partial charge in [-0.2, -0.15) is 0 Å². The summed E-state index contributed by atoms with van der Waals surface area (Å²) in [5.74, 6) is 0.592. The van der Waals surface area contributed by atoms with Crippen LogP contribution in [0.15, 0.2) is 42.5 Å². The average Bonchev–Trinajstić information content (AvgIpc) is 3.11. The van der Waals surface area contributed by atoms with Crippen molar-refractivity contribution in [2.45, 2.75) is 25.1 Å². The summed E-state index contributed by atoms with van der Waals surface area (Å²) in [5.41, 5.74) is 5.47.